The molecule has 3 heteroatoms. The molecule has 0 saturated heterocycles. The fourth-order valence-electron chi connectivity index (χ4n) is 8.24. The van der Waals surface area contributed by atoms with Gasteiger partial charge in [0, 0.05) is 38.4 Å². The van der Waals surface area contributed by atoms with Crippen LogP contribution in [0.25, 0.3) is 71.9 Å². The molecule has 1 aromatic heterocycles. The van der Waals surface area contributed by atoms with E-state index >= 15 is 0 Å². The molecule has 0 atom stereocenters. The van der Waals surface area contributed by atoms with E-state index in [1.807, 2.05) is 24.3 Å². The third-order valence-corrected chi connectivity index (χ3v) is 11.8. The van der Waals surface area contributed by atoms with Crippen molar-refractivity contribution >= 4 is 62.5 Å². The highest BCUT2D eigenvalue weighted by molar-refractivity contribution is 7.90. The second-order valence-corrected chi connectivity index (χ2v) is 15.6. The first-order chi connectivity index (χ1) is 30.2. The van der Waals surface area contributed by atoms with Crippen LogP contribution in [0.5, 0.6) is 0 Å². The van der Waals surface area contributed by atoms with Gasteiger partial charge in [0.2, 0.25) is 0 Å². The largest absolute Gasteiger partial charge is 0.311 e. The number of para-hydroxylation sites is 1. The summed E-state index contributed by atoms with van der Waals surface area (Å²) in [6.07, 6.45) is 6.21. The number of benzene rings is 9. The number of hydrogen-bond acceptors (Lipinski definition) is 2. The Labute approximate surface area is 363 Å². The number of rotatable bonds is 10. The Hall–Kier alpha value is -7.59. The fourth-order valence-corrected chi connectivity index (χ4v) is 8.47. The number of hydrogen-bond donors (Lipinski definition) is 1. The van der Waals surface area contributed by atoms with Crippen molar-refractivity contribution in [3.05, 3.63) is 254 Å². The predicted octanol–water partition coefficient (Wildman–Crippen LogP) is 16.2. The monoisotopic (exact) mass is 798 g/mol. The molecule has 0 bridgehead atoms. The molecule has 0 N–H and O–H groups in total. The summed E-state index contributed by atoms with van der Waals surface area (Å²) in [6.45, 7) is 0. The van der Waals surface area contributed by atoms with Crippen molar-refractivity contribution < 1.29 is 0 Å². The van der Waals surface area contributed by atoms with Crippen molar-refractivity contribution in [2.75, 3.05) is 4.90 Å². The van der Waals surface area contributed by atoms with Gasteiger partial charge in [-0.15, -0.1) is 12.6 Å². The highest BCUT2D eigenvalue weighted by Gasteiger charge is 2.17. The van der Waals surface area contributed by atoms with Gasteiger partial charge in [0.1, 0.15) is 0 Å². The Balaban J connectivity index is 0.971. The van der Waals surface area contributed by atoms with Crippen molar-refractivity contribution in [1.82, 2.24) is 4.57 Å². The molecule has 10 aromatic rings. The quantitative estimate of drug-likeness (QED) is 0.107. The topological polar surface area (TPSA) is 8.17 Å². The van der Waals surface area contributed by atoms with Gasteiger partial charge in [0.05, 0.1) is 11.0 Å². The molecule has 0 aliphatic heterocycles. The smallest absolute Gasteiger partial charge is 0.0541 e. The molecule has 0 unspecified atom stereocenters. The summed E-state index contributed by atoms with van der Waals surface area (Å²) in [5.74, 6) is 0. The molecule has 0 radical (unpaired) electrons. The molecule has 1 heterocycles. The van der Waals surface area contributed by atoms with Crippen molar-refractivity contribution in [2.45, 2.75) is 0 Å². The standard InChI is InChI=1S/C58H42N2S/c61-58(48-18-8-3-9-19-48)22-12-13-42-23-25-47(26-24-42)49-31-40-57-55(41-49)54-20-10-11-21-56(54)60(57)53-38-36-52(37-39-53)59(50-32-27-45(28-33-50)43-14-4-1-5-15-43)51-34-29-46(30-35-51)44-16-6-2-7-17-44/h1-41,61H/b13-12+,58-22-. The zero-order valence-electron chi connectivity index (χ0n) is 33.5. The lowest BCUT2D eigenvalue weighted by molar-refractivity contribution is 1.17. The first kappa shape index (κ1) is 37.7. The van der Waals surface area contributed by atoms with E-state index < -0.39 is 0 Å². The van der Waals surface area contributed by atoms with Crippen LogP contribution in [-0.2, 0) is 0 Å². The number of anilines is 3. The Morgan fingerprint density at radius 2 is 0.836 bits per heavy atom. The van der Waals surface area contributed by atoms with E-state index in [0.717, 1.165) is 38.8 Å². The number of thiol groups is 1. The highest BCUT2D eigenvalue weighted by Crippen LogP contribution is 2.39. The van der Waals surface area contributed by atoms with Crippen LogP contribution in [0.1, 0.15) is 11.1 Å². The Morgan fingerprint density at radius 3 is 1.43 bits per heavy atom. The lowest BCUT2D eigenvalue weighted by atomic mass is 10.0. The number of fused-ring (bicyclic) bond motifs is 3. The SMILES string of the molecule is S/C(=C\C=C\c1ccc(-c2ccc3c(c2)c2ccccc2n3-c2ccc(N(c3ccc(-c4ccccc4)cc3)c3ccc(-c4ccccc4)cc3)cc2)cc1)c1ccccc1. The van der Waals surface area contributed by atoms with Gasteiger partial charge >= 0.3 is 0 Å². The first-order valence-electron chi connectivity index (χ1n) is 20.6. The summed E-state index contributed by atoms with van der Waals surface area (Å²) in [4.78, 5) is 3.28. The number of aromatic nitrogens is 1. The maximum Gasteiger partial charge on any atom is 0.0541 e. The van der Waals surface area contributed by atoms with Gasteiger partial charge in [-0.2, -0.15) is 0 Å². The molecule has 0 aliphatic rings. The minimum Gasteiger partial charge on any atom is -0.311 e. The second-order valence-electron chi connectivity index (χ2n) is 15.2. The molecular formula is C58H42N2S. The zero-order chi connectivity index (χ0) is 41.0. The molecule has 0 amide bonds. The van der Waals surface area contributed by atoms with Gasteiger partial charge in [-0.25, -0.2) is 0 Å². The van der Waals surface area contributed by atoms with Crippen LogP contribution in [0, 0.1) is 0 Å². The Morgan fingerprint density at radius 1 is 0.393 bits per heavy atom. The molecular weight excluding hydrogens is 757 g/mol. The van der Waals surface area contributed by atoms with E-state index in [-0.39, 0.29) is 0 Å². The normalized spacial score (nSPS) is 11.7. The van der Waals surface area contributed by atoms with E-state index in [4.69, 9.17) is 0 Å². The summed E-state index contributed by atoms with van der Waals surface area (Å²) in [6, 6.07) is 82.4. The Bertz CT molecular complexity index is 3050. The molecule has 10 rings (SSSR count). The number of nitrogens with zero attached hydrogens (tertiary/aromatic N) is 2. The average molecular weight is 799 g/mol. The zero-order valence-corrected chi connectivity index (χ0v) is 34.4. The van der Waals surface area contributed by atoms with Crippen LogP contribution >= 0.6 is 12.6 Å². The molecule has 0 fully saturated rings. The molecule has 2 nitrogen and oxygen atoms in total. The van der Waals surface area contributed by atoms with Crippen molar-refractivity contribution in [3.8, 4) is 39.1 Å². The summed E-state index contributed by atoms with van der Waals surface area (Å²) in [5, 5.41) is 2.46. The third-order valence-electron chi connectivity index (χ3n) is 11.4. The van der Waals surface area contributed by atoms with Crippen molar-refractivity contribution in [1.29, 1.82) is 0 Å². The average Bonchev–Trinajstić information content (AvgIpc) is 3.67. The summed E-state index contributed by atoms with van der Waals surface area (Å²) in [7, 11) is 0. The van der Waals surface area contributed by atoms with Gasteiger partial charge in [0.15, 0.2) is 0 Å². The lowest BCUT2D eigenvalue weighted by Crippen LogP contribution is -2.10. The summed E-state index contributed by atoms with van der Waals surface area (Å²) in [5.41, 5.74) is 16.2. The first-order valence-corrected chi connectivity index (χ1v) is 21.1. The van der Waals surface area contributed by atoms with Crippen molar-refractivity contribution in [2.24, 2.45) is 0 Å². The molecule has 290 valence electrons. The number of allylic oxidation sites excluding steroid dienone is 2. The second kappa shape index (κ2) is 16.9. The van der Waals surface area contributed by atoms with E-state index in [1.165, 1.54) is 55.2 Å². The van der Waals surface area contributed by atoms with Crippen LogP contribution in [0.15, 0.2) is 243 Å². The molecule has 9 aromatic carbocycles. The van der Waals surface area contributed by atoms with E-state index in [2.05, 4.69) is 247 Å². The van der Waals surface area contributed by atoms with Crippen LogP contribution in [0.3, 0.4) is 0 Å². The lowest BCUT2D eigenvalue weighted by Gasteiger charge is -2.26. The molecule has 0 saturated carbocycles. The highest BCUT2D eigenvalue weighted by atomic mass is 32.1. The van der Waals surface area contributed by atoms with Gasteiger partial charge in [-0.3, -0.25) is 0 Å². The van der Waals surface area contributed by atoms with Crippen molar-refractivity contribution in [3.63, 3.8) is 0 Å². The van der Waals surface area contributed by atoms with Crippen LogP contribution in [0.2, 0.25) is 0 Å². The maximum atomic E-state index is 4.68. The van der Waals surface area contributed by atoms with Gasteiger partial charge < -0.3 is 9.47 Å². The molecule has 61 heavy (non-hydrogen) atoms. The fraction of sp³-hybridized carbons (Fsp3) is 0. The minimum atomic E-state index is 0.939. The molecule has 0 spiro atoms. The van der Waals surface area contributed by atoms with Gasteiger partial charge in [0.25, 0.3) is 0 Å². The summed E-state index contributed by atoms with van der Waals surface area (Å²) < 4.78 is 2.39. The third kappa shape index (κ3) is 7.83. The maximum absolute atomic E-state index is 4.68. The van der Waals surface area contributed by atoms with E-state index in [1.54, 1.807) is 0 Å². The summed E-state index contributed by atoms with van der Waals surface area (Å²) >= 11 is 4.68. The van der Waals surface area contributed by atoms with Crippen LogP contribution in [-0.4, -0.2) is 4.57 Å². The minimum absolute atomic E-state index is 0.939. The van der Waals surface area contributed by atoms with E-state index in [0.29, 0.717) is 0 Å². The molecule has 0 aliphatic carbocycles. The predicted molar refractivity (Wildman–Crippen MR) is 264 cm³/mol. The van der Waals surface area contributed by atoms with Crippen LogP contribution < -0.4 is 4.90 Å². The van der Waals surface area contributed by atoms with Gasteiger partial charge in [-0.1, -0.05) is 176 Å². The van der Waals surface area contributed by atoms with E-state index in [9.17, 15) is 0 Å². The Kier molecular flexibility index (Phi) is 10.5. The van der Waals surface area contributed by atoms with Gasteiger partial charge in [-0.05, 0) is 117 Å². The van der Waals surface area contributed by atoms with Crippen LogP contribution in [0.4, 0.5) is 17.1 Å².